The summed E-state index contributed by atoms with van der Waals surface area (Å²) in [6.45, 7) is 3.55. The van der Waals surface area contributed by atoms with Crippen LogP contribution in [0, 0.1) is 11.3 Å². The molecule has 0 aromatic carbocycles. The van der Waals surface area contributed by atoms with Crippen LogP contribution in [0.25, 0.3) is 17.5 Å². The molecule has 0 saturated carbocycles. The van der Waals surface area contributed by atoms with E-state index < -0.39 is 21.9 Å². The summed E-state index contributed by atoms with van der Waals surface area (Å²) >= 11 is 0. The lowest BCUT2D eigenvalue weighted by Crippen LogP contribution is -2.45. The summed E-state index contributed by atoms with van der Waals surface area (Å²) < 4.78 is 41.2. The van der Waals surface area contributed by atoms with Crippen molar-refractivity contribution in [3.8, 4) is 11.4 Å². The van der Waals surface area contributed by atoms with Gasteiger partial charge in [0.15, 0.2) is 0 Å². The summed E-state index contributed by atoms with van der Waals surface area (Å²) in [6.07, 6.45) is 7.91. The molecule has 0 aliphatic carbocycles. The van der Waals surface area contributed by atoms with Crippen molar-refractivity contribution < 1.29 is 13.0 Å². The number of alkyl halides is 2. The summed E-state index contributed by atoms with van der Waals surface area (Å²) in [4.78, 5) is 18.1. The predicted octanol–water partition coefficient (Wildman–Crippen LogP) is 3.50. The minimum Gasteiger partial charge on any atom is -0.353 e. The Bertz CT molecular complexity index is 1070. The first kappa shape index (κ1) is 23.0. The minimum atomic E-state index is -2.82. The largest absolute Gasteiger partial charge is 0.353 e. The van der Waals surface area contributed by atoms with E-state index in [1.807, 2.05) is 6.07 Å². The van der Waals surface area contributed by atoms with Crippen LogP contribution in [-0.2, 0) is 9.73 Å². The maximum Gasteiger partial charge on any atom is 0.279 e. The van der Waals surface area contributed by atoms with E-state index in [-0.39, 0.29) is 6.04 Å². The molecule has 8 nitrogen and oxygen atoms in total. The second-order valence-electron chi connectivity index (χ2n) is 7.86. The molecule has 11 heteroatoms. The van der Waals surface area contributed by atoms with Crippen molar-refractivity contribution in [2.24, 2.45) is 10.3 Å². The number of piperidine rings is 1. The SMILES string of the molecule is CC1C(CN=S(C)(C)=O)CCCN1c1cc(-c2cnc(/C=C\C(=N)C(F)F)[nH]2)ncn1. The minimum absolute atomic E-state index is 0.183. The highest BCUT2D eigenvalue weighted by Gasteiger charge is 2.29. The topological polar surface area (TPSA) is 111 Å². The van der Waals surface area contributed by atoms with Crippen molar-refractivity contribution in [3.63, 3.8) is 0 Å². The quantitative estimate of drug-likeness (QED) is 0.626. The van der Waals surface area contributed by atoms with E-state index in [4.69, 9.17) is 5.41 Å². The number of anilines is 1. The molecule has 0 radical (unpaired) electrons. The average Bonchev–Trinajstić information content (AvgIpc) is 3.20. The average molecular weight is 452 g/mol. The Hall–Kier alpha value is -2.69. The molecule has 0 amide bonds. The van der Waals surface area contributed by atoms with Crippen LogP contribution >= 0.6 is 0 Å². The van der Waals surface area contributed by atoms with E-state index in [1.165, 1.54) is 12.4 Å². The van der Waals surface area contributed by atoms with Crippen LogP contribution in [-0.4, -0.2) is 67.9 Å². The van der Waals surface area contributed by atoms with Gasteiger partial charge >= 0.3 is 0 Å². The molecule has 168 valence electrons. The molecule has 31 heavy (non-hydrogen) atoms. The Morgan fingerprint density at radius 2 is 2.19 bits per heavy atom. The van der Waals surface area contributed by atoms with Crippen molar-refractivity contribution >= 4 is 27.3 Å². The van der Waals surface area contributed by atoms with Gasteiger partial charge in [-0.1, -0.05) is 0 Å². The first-order chi connectivity index (χ1) is 14.6. The van der Waals surface area contributed by atoms with Gasteiger partial charge in [0.1, 0.15) is 18.0 Å². The van der Waals surface area contributed by atoms with Gasteiger partial charge in [0.2, 0.25) is 0 Å². The number of aromatic amines is 1. The molecule has 2 atom stereocenters. The van der Waals surface area contributed by atoms with E-state index in [0.29, 0.717) is 29.7 Å². The molecule has 0 bridgehead atoms. The van der Waals surface area contributed by atoms with Crippen molar-refractivity contribution in [2.75, 3.05) is 30.5 Å². The fraction of sp³-hybridized carbons (Fsp3) is 0.500. The Morgan fingerprint density at radius 3 is 2.90 bits per heavy atom. The molecule has 1 saturated heterocycles. The zero-order chi connectivity index (χ0) is 22.6. The number of allylic oxidation sites excluding steroid dienone is 1. The Kier molecular flexibility index (Phi) is 7.14. The third-order valence-electron chi connectivity index (χ3n) is 5.24. The van der Waals surface area contributed by atoms with Gasteiger partial charge in [0, 0.05) is 40.9 Å². The normalized spacial score (nSPS) is 19.9. The predicted molar refractivity (Wildman–Crippen MR) is 119 cm³/mol. The van der Waals surface area contributed by atoms with E-state index >= 15 is 0 Å². The molecule has 3 heterocycles. The van der Waals surface area contributed by atoms with Crippen LogP contribution in [0.15, 0.2) is 29.0 Å². The van der Waals surface area contributed by atoms with Gasteiger partial charge < -0.3 is 9.88 Å². The lowest BCUT2D eigenvalue weighted by atomic mass is 9.90. The van der Waals surface area contributed by atoms with Gasteiger partial charge in [-0.15, -0.1) is 0 Å². The number of H-pyrrole nitrogens is 1. The van der Waals surface area contributed by atoms with E-state index in [1.54, 1.807) is 18.7 Å². The Labute approximate surface area is 180 Å². The molecule has 0 spiro atoms. The number of hydrogen-bond acceptors (Lipinski definition) is 7. The van der Waals surface area contributed by atoms with E-state index in [2.05, 4.69) is 36.1 Å². The van der Waals surface area contributed by atoms with Crippen LogP contribution < -0.4 is 4.90 Å². The summed E-state index contributed by atoms with van der Waals surface area (Å²) in [5.41, 5.74) is 0.481. The maximum absolute atomic E-state index is 12.4. The highest BCUT2D eigenvalue weighted by molar-refractivity contribution is 7.92. The number of nitrogens with zero attached hydrogens (tertiary/aromatic N) is 5. The molecule has 1 aliphatic heterocycles. The molecule has 2 unspecified atom stereocenters. The highest BCUT2D eigenvalue weighted by atomic mass is 32.2. The molecule has 2 aromatic heterocycles. The molecule has 3 rings (SSSR count). The Balaban J connectivity index is 1.77. The summed E-state index contributed by atoms with van der Waals surface area (Å²) in [5, 5.41) is 7.18. The summed E-state index contributed by atoms with van der Waals surface area (Å²) in [5.74, 6) is 1.43. The number of aromatic nitrogens is 4. The zero-order valence-electron chi connectivity index (χ0n) is 17.8. The number of nitrogens with one attached hydrogen (secondary N) is 2. The molecular formula is C20H27F2N7OS. The first-order valence-corrected chi connectivity index (χ1v) is 12.3. The van der Waals surface area contributed by atoms with Crippen LogP contribution in [0.4, 0.5) is 14.6 Å². The second kappa shape index (κ2) is 9.63. The van der Waals surface area contributed by atoms with Gasteiger partial charge in [-0.3, -0.25) is 9.62 Å². The van der Waals surface area contributed by atoms with Crippen LogP contribution in [0.5, 0.6) is 0 Å². The smallest absolute Gasteiger partial charge is 0.279 e. The van der Waals surface area contributed by atoms with Gasteiger partial charge in [-0.05, 0) is 37.8 Å². The van der Waals surface area contributed by atoms with Gasteiger partial charge in [0.05, 0.1) is 29.8 Å². The van der Waals surface area contributed by atoms with Crippen molar-refractivity contribution in [1.82, 2.24) is 19.9 Å². The van der Waals surface area contributed by atoms with Gasteiger partial charge in [0.25, 0.3) is 6.43 Å². The molecule has 2 N–H and O–H groups in total. The number of hydrogen-bond donors (Lipinski definition) is 2. The molecular weight excluding hydrogens is 424 g/mol. The number of imidazole rings is 1. The standard InChI is InChI=1S/C20H27F2N7OS/c1-13-14(10-27-31(2,3)30)5-4-8-29(13)19-9-16(25-12-26-19)17-11-24-18(28-17)7-6-15(23)20(21)22/h6-7,9,11-14,20,23H,4-5,8,10H2,1-3H3,(H,24,28)/b7-6-,23-15?. The molecule has 1 fully saturated rings. The third-order valence-corrected chi connectivity index (χ3v) is 6.01. The fourth-order valence-electron chi connectivity index (χ4n) is 3.51. The first-order valence-electron chi connectivity index (χ1n) is 9.95. The van der Waals surface area contributed by atoms with Crippen LogP contribution in [0.2, 0.25) is 0 Å². The molecule has 1 aliphatic rings. The van der Waals surface area contributed by atoms with Crippen molar-refractivity contribution in [1.29, 1.82) is 5.41 Å². The Morgan fingerprint density at radius 1 is 1.42 bits per heavy atom. The van der Waals surface area contributed by atoms with Crippen LogP contribution in [0.3, 0.4) is 0 Å². The lowest BCUT2D eigenvalue weighted by molar-refractivity contribution is 0.226. The summed E-state index contributed by atoms with van der Waals surface area (Å²) in [6, 6.07) is 2.05. The monoisotopic (exact) mass is 451 g/mol. The molecule has 2 aromatic rings. The van der Waals surface area contributed by atoms with E-state index in [0.717, 1.165) is 31.3 Å². The van der Waals surface area contributed by atoms with Gasteiger partial charge in [-0.25, -0.2) is 28.1 Å². The van der Waals surface area contributed by atoms with Crippen molar-refractivity contribution in [3.05, 3.63) is 30.5 Å². The van der Waals surface area contributed by atoms with E-state index in [9.17, 15) is 13.0 Å². The second-order valence-corrected chi connectivity index (χ2v) is 10.5. The lowest BCUT2D eigenvalue weighted by Gasteiger charge is -2.39. The fourth-order valence-corrected chi connectivity index (χ4v) is 4.06. The van der Waals surface area contributed by atoms with Gasteiger partial charge in [-0.2, -0.15) is 0 Å². The number of halogens is 2. The number of rotatable bonds is 7. The highest BCUT2D eigenvalue weighted by Crippen LogP contribution is 2.29. The zero-order valence-corrected chi connectivity index (χ0v) is 18.6. The van der Waals surface area contributed by atoms with Crippen molar-refractivity contribution in [2.45, 2.75) is 32.2 Å². The third kappa shape index (κ3) is 6.16. The maximum atomic E-state index is 12.4. The summed E-state index contributed by atoms with van der Waals surface area (Å²) in [7, 11) is -2.13. The van der Waals surface area contributed by atoms with Crippen LogP contribution in [0.1, 0.15) is 25.6 Å².